The average molecular weight is 1230 g/mol. The first kappa shape index (κ1) is 71.0. The van der Waals surface area contributed by atoms with Gasteiger partial charge in [0.2, 0.25) is 16.7 Å². The van der Waals surface area contributed by atoms with Crippen LogP contribution in [-0.2, 0) is 18.9 Å². The quantitative estimate of drug-likeness (QED) is 0.0208. The van der Waals surface area contributed by atoms with Gasteiger partial charge in [-0.25, -0.2) is 29.2 Å². The number of carbonyl (C=O) groups is 4. The molecule has 0 fully saturated rings. The van der Waals surface area contributed by atoms with E-state index in [2.05, 4.69) is 32.7 Å². The normalized spacial score (nSPS) is 13.2. The minimum absolute atomic E-state index is 0.383. The maximum Gasteiger partial charge on any atom is 0.414 e. The lowest BCUT2D eigenvalue weighted by Gasteiger charge is -2.29. The molecular weight excluding hydrogens is 1130 g/mol. The third-order valence-corrected chi connectivity index (χ3v) is 14.6. The molecule has 4 amide bonds. The molecule has 484 valence electrons. The van der Waals surface area contributed by atoms with Crippen molar-refractivity contribution in [3.05, 3.63) is 137 Å². The Morgan fingerprint density at radius 3 is 1.53 bits per heavy atom. The molecule has 0 saturated heterocycles. The van der Waals surface area contributed by atoms with Crippen LogP contribution in [0.2, 0.25) is 0 Å². The van der Waals surface area contributed by atoms with E-state index in [0.29, 0.717) is 30.9 Å². The van der Waals surface area contributed by atoms with Gasteiger partial charge in [-0.15, -0.1) is 4.57 Å². The fourth-order valence-electron chi connectivity index (χ4n) is 10.6. The van der Waals surface area contributed by atoms with Crippen molar-refractivity contribution in [2.45, 2.75) is 218 Å². The van der Waals surface area contributed by atoms with Crippen LogP contribution in [0.1, 0.15) is 191 Å². The third kappa shape index (κ3) is 21.3. The third-order valence-electron chi connectivity index (χ3n) is 14.6. The SMILES string of the molecule is CC.CC1=CC(=Nc2ccc(N(CCCCCCCCCCCCN(C(=O)OC(C)(C)C)c3cc4c(cc3C)nc3cc(C)c(NC(=O)OC(C)(C)C)cc3[n+]4-c3ccccc3)C(=O)OC(C)(C)C)c(C)c2[NH2+]c2ccccc2)CC=C1NC(=O)OC(C)(C)C. The first-order chi connectivity index (χ1) is 42.4. The van der Waals surface area contributed by atoms with E-state index < -0.39 is 40.7 Å². The highest BCUT2D eigenvalue weighted by molar-refractivity contribution is 6.01. The Morgan fingerprint density at radius 1 is 0.556 bits per heavy atom. The number of carbonyl (C=O) groups excluding carboxylic acids is 4. The number of nitrogens with zero attached hydrogens (tertiary/aromatic N) is 5. The number of aryl methyl sites for hydroxylation is 2. The van der Waals surface area contributed by atoms with Crippen LogP contribution in [0.25, 0.3) is 27.8 Å². The monoisotopic (exact) mass is 1230 g/mol. The predicted octanol–water partition coefficient (Wildman–Crippen LogP) is 18.4. The van der Waals surface area contributed by atoms with Gasteiger partial charge >= 0.3 is 24.4 Å². The zero-order chi connectivity index (χ0) is 66.1. The number of para-hydroxylation sites is 2. The molecule has 7 rings (SSSR count). The number of allylic oxidation sites excluding steroid dienone is 3. The molecule has 0 aliphatic heterocycles. The summed E-state index contributed by atoms with van der Waals surface area (Å²) < 4.78 is 25.4. The summed E-state index contributed by atoms with van der Waals surface area (Å²) in [6.45, 7) is 35.3. The second kappa shape index (κ2) is 31.6. The van der Waals surface area contributed by atoms with Crippen LogP contribution in [0.4, 0.5) is 53.3 Å². The molecule has 90 heavy (non-hydrogen) atoms. The summed E-state index contributed by atoms with van der Waals surface area (Å²) in [6, 6.07) is 32.1. The van der Waals surface area contributed by atoms with Crippen molar-refractivity contribution in [3.63, 3.8) is 0 Å². The van der Waals surface area contributed by atoms with Crippen molar-refractivity contribution in [3.8, 4) is 5.69 Å². The van der Waals surface area contributed by atoms with Crippen molar-refractivity contribution in [1.29, 1.82) is 0 Å². The summed E-state index contributed by atoms with van der Waals surface area (Å²) in [5, 5.41) is 7.96. The summed E-state index contributed by atoms with van der Waals surface area (Å²) >= 11 is 0. The van der Waals surface area contributed by atoms with Gasteiger partial charge in [0.1, 0.15) is 44.8 Å². The Morgan fingerprint density at radius 2 is 1.02 bits per heavy atom. The van der Waals surface area contributed by atoms with Crippen LogP contribution in [0, 0.1) is 20.8 Å². The zero-order valence-corrected chi connectivity index (χ0v) is 57.2. The van der Waals surface area contributed by atoms with Gasteiger partial charge in [-0.2, -0.15) is 0 Å². The van der Waals surface area contributed by atoms with Crippen LogP contribution in [0.3, 0.4) is 0 Å². The number of rotatable bonds is 21. The molecule has 0 spiro atoms. The Bertz CT molecular complexity index is 3550. The molecular formula is C74H102N8O8+2. The molecule has 16 heteroatoms. The maximum absolute atomic E-state index is 14.2. The number of anilines is 3. The number of unbranched alkanes of at least 4 members (excludes halogenated alkanes) is 9. The van der Waals surface area contributed by atoms with Crippen LogP contribution in [0.5, 0.6) is 0 Å². The number of hydrogen-bond donors (Lipinski definition) is 3. The first-order valence-electron chi connectivity index (χ1n) is 32.3. The van der Waals surface area contributed by atoms with E-state index in [4.69, 9.17) is 28.9 Å². The van der Waals surface area contributed by atoms with Crippen molar-refractivity contribution < 1.29 is 48.0 Å². The smallest absolute Gasteiger partial charge is 0.414 e. The number of fused-ring (bicyclic) bond motifs is 2. The first-order valence-corrected chi connectivity index (χ1v) is 32.3. The Kier molecular flexibility index (Phi) is 24.9. The maximum atomic E-state index is 14.2. The van der Waals surface area contributed by atoms with Gasteiger partial charge in [0, 0.05) is 60.7 Å². The Labute approximate surface area is 535 Å². The second-order valence-corrected chi connectivity index (χ2v) is 27.1. The molecule has 16 nitrogen and oxygen atoms in total. The number of nitrogens with two attached hydrogens (primary N) is 1. The summed E-state index contributed by atoms with van der Waals surface area (Å²) in [4.78, 5) is 67.8. The highest BCUT2D eigenvalue weighted by Gasteiger charge is 2.31. The number of aromatic nitrogens is 2. The topological polar surface area (TPSA) is 181 Å². The van der Waals surface area contributed by atoms with E-state index in [1.54, 1.807) is 9.80 Å². The van der Waals surface area contributed by atoms with E-state index in [1.807, 2.05) is 222 Å². The van der Waals surface area contributed by atoms with E-state index in [9.17, 15) is 19.2 Å². The number of nitrogens with one attached hydrogen (secondary N) is 2. The molecule has 0 atom stereocenters. The van der Waals surface area contributed by atoms with Gasteiger partial charge in [-0.1, -0.05) is 108 Å². The van der Waals surface area contributed by atoms with Crippen molar-refractivity contribution in [1.82, 2.24) is 10.3 Å². The Hall–Kier alpha value is -8.11. The van der Waals surface area contributed by atoms with Gasteiger partial charge in [-0.05, 0) is 183 Å². The molecule has 0 unspecified atom stereocenters. The number of benzene rings is 5. The summed E-state index contributed by atoms with van der Waals surface area (Å²) in [5.74, 6) is 0. The lowest BCUT2D eigenvalue weighted by Crippen LogP contribution is -2.71. The highest BCUT2D eigenvalue weighted by Crippen LogP contribution is 2.36. The number of ether oxygens (including phenoxy) is 4. The van der Waals surface area contributed by atoms with Gasteiger partial charge in [-0.3, -0.25) is 25.8 Å². The molecule has 0 bridgehead atoms. The largest absolute Gasteiger partial charge is 0.444 e. The molecule has 4 N–H and O–H groups in total. The zero-order valence-electron chi connectivity index (χ0n) is 57.2. The molecule has 1 aromatic heterocycles. The average Bonchev–Trinajstić information content (AvgIpc) is 0.751. The predicted molar refractivity (Wildman–Crippen MR) is 367 cm³/mol. The van der Waals surface area contributed by atoms with Crippen LogP contribution in [-0.4, -0.2) is 70.6 Å². The fourth-order valence-corrected chi connectivity index (χ4v) is 10.6. The summed E-state index contributed by atoms with van der Waals surface area (Å²) in [7, 11) is 0. The van der Waals surface area contributed by atoms with Crippen LogP contribution >= 0.6 is 0 Å². The summed E-state index contributed by atoms with van der Waals surface area (Å²) in [6.07, 6.45) is 12.7. The Balaban J connectivity index is 0.00000638. The molecule has 0 saturated carbocycles. The molecule has 1 aliphatic carbocycles. The van der Waals surface area contributed by atoms with E-state index >= 15 is 0 Å². The lowest BCUT2D eigenvalue weighted by atomic mass is 10.0. The number of hydrogen-bond acceptors (Lipinski definition) is 10. The fraction of sp³-hybridized carbons (Fsp3) is 0.473. The molecule has 1 heterocycles. The van der Waals surface area contributed by atoms with Crippen molar-refractivity contribution in [2.75, 3.05) is 28.2 Å². The van der Waals surface area contributed by atoms with Gasteiger partial charge in [0.15, 0.2) is 5.69 Å². The van der Waals surface area contributed by atoms with Gasteiger partial charge in [0.25, 0.3) is 0 Å². The summed E-state index contributed by atoms with van der Waals surface area (Å²) in [5.41, 5.74) is 11.2. The number of amides is 4. The molecule has 1 aliphatic rings. The van der Waals surface area contributed by atoms with E-state index in [0.717, 1.165) is 148 Å². The van der Waals surface area contributed by atoms with Crippen LogP contribution in [0.15, 0.2) is 125 Å². The number of aliphatic imine (C=N–C) groups is 1. The van der Waals surface area contributed by atoms with E-state index in [-0.39, 0.29) is 6.09 Å². The van der Waals surface area contributed by atoms with E-state index in [1.165, 1.54) is 0 Å². The molecule has 6 aromatic rings. The minimum Gasteiger partial charge on any atom is -0.444 e. The van der Waals surface area contributed by atoms with Crippen LogP contribution < -0.4 is 30.3 Å². The second-order valence-electron chi connectivity index (χ2n) is 27.1. The molecule has 0 radical (unpaired) electrons. The molecule has 5 aromatic carbocycles. The van der Waals surface area contributed by atoms with Gasteiger partial charge in [0.05, 0.1) is 17.1 Å². The lowest BCUT2D eigenvalue weighted by molar-refractivity contribution is -0.538. The standard InChI is InChI=1S/C72H94N8O8.C2H6/c1-48-43-53(37-38-55(48)76-65(81)85-69(5,6)7)73-56-39-40-60(51(4)64(56)74-52-33-27-25-28-34-52)78(67(83)87-71(11,12)13)41-31-23-21-19-17-18-20-22-24-32-42-79(68(84)88-72(14,15)16)61-47-63-59(45-50(61)3)75-58-44-49(2)57(77-66(82)86-70(8,9)10)46-62(58)80(63)54-35-29-26-30-36-54;1-2/h25-30,33-36,38-40,43-47,74H,17-24,31-32,37,41-42H2,1-16H3,(H,76,81);1-2H3/p+2. The number of quaternary nitrogens is 1. The number of alkyl carbamates (subject to hydrolysis) is 1. The highest BCUT2D eigenvalue weighted by atomic mass is 16.6. The van der Waals surface area contributed by atoms with Gasteiger partial charge < -0.3 is 18.9 Å². The minimum atomic E-state index is -0.702. The van der Waals surface area contributed by atoms with Crippen molar-refractivity contribution >= 4 is 86.3 Å². The van der Waals surface area contributed by atoms with Crippen molar-refractivity contribution in [2.24, 2.45) is 4.99 Å².